The van der Waals surface area contributed by atoms with Gasteiger partial charge in [-0.25, -0.2) is 8.42 Å². The minimum absolute atomic E-state index is 0.0166. The molecule has 0 saturated heterocycles. The van der Waals surface area contributed by atoms with E-state index in [2.05, 4.69) is 11.8 Å². The minimum Gasteiger partial charge on any atom is -0.481 e. The normalized spacial score (nSPS) is 10.4. The summed E-state index contributed by atoms with van der Waals surface area (Å²) in [6.45, 7) is 3.22. The molecule has 0 aliphatic rings. The van der Waals surface area contributed by atoms with Crippen LogP contribution in [0.25, 0.3) is 0 Å². The van der Waals surface area contributed by atoms with Gasteiger partial charge in [0.2, 0.25) is 0 Å². The maximum absolute atomic E-state index is 12.2. The van der Waals surface area contributed by atoms with Crippen LogP contribution in [0.3, 0.4) is 0 Å². The number of ether oxygens (including phenoxy) is 2. The van der Waals surface area contributed by atoms with Crippen LogP contribution in [-0.4, -0.2) is 21.0 Å². The zero-order valence-corrected chi connectivity index (χ0v) is 15.0. The maximum atomic E-state index is 12.2. The van der Waals surface area contributed by atoms with Crippen molar-refractivity contribution in [3.05, 3.63) is 48.5 Å². The summed E-state index contributed by atoms with van der Waals surface area (Å²) < 4.78 is 34.6. The summed E-state index contributed by atoms with van der Waals surface area (Å²) in [7, 11) is -3.87. The van der Waals surface area contributed by atoms with Crippen molar-refractivity contribution in [1.29, 1.82) is 0 Å². The van der Waals surface area contributed by atoms with E-state index < -0.39 is 16.0 Å². The minimum atomic E-state index is -3.87. The standard InChI is InChI=1S/C18H17NO6S/c1-3-4-13-23-15-9-11-18(12-10-15)26(21,22)19-25-17-7-5-16(6-8-17)24-14(2)20/h5-12,19H,13H2,1-2H3. The van der Waals surface area contributed by atoms with Gasteiger partial charge in [-0.3, -0.25) is 4.79 Å². The molecule has 0 spiro atoms. The predicted molar refractivity (Wildman–Crippen MR) is 94.1 cm³/mol. The molecule has 0 heterocycles. The molecule has 0 fully saturated rings. The number of carbonyl (C=O) groups is 1. The van der Waals surface area contributed by atoms with Crippen LogP contribution in [0.15, 0.2) is 53.4 Å². The molecule has 26 heavy (non-hydrogen) atoms. The monoisotopic (exact) mass is 375 g/mol. The SMILES string of the molecule is CC#CCOc1ccc(S(=O)(=O)NOc2ccc(OC(C)=O)cc2)cc1. The zero-order valence-electron chi connectivity index (χ0n) is 14.2. The Hall–Kier alpha value is -3.02. The lowest BCUT2D eigenvalue weighted by Crippen LogP contribution is -2.27. The van der Waals surface area contributed by atoms with Gasteiger partial charge in [-0.2, -0.15) is 0 Å². The molecule has 8 heteroatoms. The third-order valence-corrected chi connectivity index (χ3v) is 4.17. The van der Waals surface area contributed by atoms with Gasteiger partial charge in [0, 0.05) is 6.92 Å². The van der Waals surface area contributed by atoms with Crippen molar-refractivity contribution < 1.29 is 27.5 Å². The molecule has 0 bridgehead atoms. The first-order valence-electron chi connectivity index (χ1n) is 7.50. The van der Waals surface area contributed by atoms with E-state index in [0.29, 0.717) is 11.5 Å². The second-order valence-corrected chi connectivity index (χ2v) is 6.59. The topological polar surface area (TPSA) is 90.9 Å². The number of esters is 1. The molecule has 136 valence electrons. The number of benzene rings is 2. The van der Waals surface area contributed by atoms with E-state index >= 15 is 0 Å². The van der Waals surface area contributed by atoms with Crippen LogP contribution in [0, 0.1) is 11.8 Å². The highest BCUT2D eigenvalue weighted by atomic mass is 32.2. The lowest BCUT2D eigenvalue weighted by Gasteiger charge is -2.09. The van der Waals surface area contributed by atoms with Crippen molar-refractivity contribution in [2.24, 2.45) is 0 Å². The molecule has 2 aromatic carbocycles. The summed E-state index contributed by atoms with van der Waals surface area (Å²) in [5.74, 6) is 6.07. The van der Waals surface area contributed by atoms with Crippen LogP contribution in [0.2, 0.25) is 0 Å². The zero-order chi connectivity index (χ0) is 19.0. The lowest BCUT2D eigenvalue weighted by atomic mass is 10.3. The Labute approximate surface area is 151 Å². The van der Waals surface area contributed by atoms with Crippen molar-refractivity contribution in [2.45, 2.75) is 18.7 Å². The van der Waals surface area contributed by atoms with Gasteiger partial charge in [-0.1, -0.05) is 5.92 Å². The van der Waals surface area contributed by atoms with Gasteiger partial charge in [-0.15, -0.1) is 5.92 Å². The van der Waals surface area contributed by atoms with E-state index in [1.165, 1.54) is 55.5 Å². The third kappa shape index (κ3) is 5.81. The maximum Gasteiger partial charge on any atom is 0.308 e. The Morgan fingerprint density at radius 3 is 2.15 bits per heavy atom. The van der Waals surface area contributed by atoms with Crippen molar-refractivity contribution in [3.63, 3.8) is 0 Å². The van der Waals surface area contributed by atoms with Crippen LogP contribution < -0.4 is 19.2 Å². The second kappa shape index (κ2) is 8.89. The molecule has 0 unspecified atom stereocenters. The first-order chi connectivity index (χ1) is 12.4. The average Bonchev–Trinajstić information content (AvgIpc) is 2.61. The van der Waals surface area contributed by atoms with Gasteiger partial charge < -0.3 is 14.3 Å². The van der Waals surface area contributed by atoms with Gasteiger partial charge >= 0.3 is 5.97 Å². The van der Waals surface area contributed by atoms with Crippen LogP contribution in [0.1, 0.15) is 13.8 Å². The third-order valence-electron chi connectivity index (χ3n) is 2.98. The van der Waals surface area contributed by atoms with Crippen LogP contribution in [-0.2, 0) is 14.8 Å². The molecule has 0 saturated carbocycles. The van der Waals surface area contributed by atoms with E-state index in [1.54, 1.807) is 6.92 Å². The van der Waals surface area contributed by atoms with Crippen molar-refractivity contribution in [1.82, 2.24) is 4.89 Å². The van der Waals surface area contributed by atoms with Crippen molar-refractivity contribution in [2.75, 3.05) is 6.61 Å². The van der Waals surface area contributed by atoms with Gasteiger partial charge in [0.1, 0.15) is 23.9 Å². The predicted octanol–water partition coefficient (Wildman–Crippen LogP) is 2.29. The van der Waals surface area contributed by atoms with Crippen LogP contribution in [0.4, 0.5) is 0 Å². The molecule has 2 aromatic rings. The van der Waals surface area contributed by atoms with E-state index in [-0.39, 0.29) is 17.3 Å². The molecule has 0 amide bonds. The van der Waals surface area contributed by atoms with Gasteiger partial charge in [0.15, 0.2) is 0 Å². The van der Waals surface area contributed by atoms with E-state index in [4.69, 9.17) is 14.3 Å². The molecular formula is C18H17NO6S. The number of hydrogen-bond donors (Lipinski definition) is 1. The highest BCUT2D eigenvalue weighted by Crippen LogP contribution is 2.19. The van der Waals surface area contributed by atoms with E-state index in [0.717, 1.165) is 0 Å². The van der Waals surface area contributed by atoms with Gasteiger partial charge in [0.05, 0.1) is 4.90 Å². The number of rotatable bonds is 7. The number of nitrogens with one attached hydrogen (secondary N) is 1. The number of sulfonamides is 1. The summed E-state index contributed by atoms with van der Waals surface area (Å²) in [5, 5.41) is 0. The molecule has 0 radical (unpaired) electrons. The summed E-state index contributed by atoms with van der Waals surface area (Å²) in [4.78, 5) is 18.0. The first kappa shape index (κ1) is 19.3. The Morgan fingerprint density at radius 2 is 1.58 bits per heavy atom. The average molecular weight is 375 g/mol. The number of hydrogen-bond acceptors (Lipinski definition) is 6. The molecule has 0 aromatic heterocycles. The van der Waals surface area contributed by atoms with E-state index in [9.17, 15) is 13.2 Å². The van der Waals surface area contributed by atoms with Crippen LogP contribution in [0.5, 0.6) is 17.2 Å². The summed E-state index contributed by atoms with van der Waals surface area (Å²) in [6.07, 6.45) is 0. The quantitative estimate of drug-likeness (QED) is 0.346. The van der Waals surface area contributed by atoms with Crippen LogP contribution >= 0.6 is 0 Å². The number of carbonyl (C=O) groups excluding carboxylic acids is 1. The molecule has 2 rings (SSSR count). The lowest BCUT2D eigenvalue weighted by molar-refractivity contribution is -0.131. The molecule has 0 atom stereocenters. The molecule has 0 aliphatic carbocycles. The Kier molecular flexibility index (Phi) is 6.60. The van der Waals surface area contributed by atoms with E-state index in [1.807, 2.05) is 4.89 Å². The first-order valence-corrected chi connectivity index (χ1v) is 8.98. The van der Waals surface area contributed by atoms with Crippen molar-refractivity contribution in [3.8, 4) is 29.1 Å². The second-order valence-electron chi connectivity index (χ2n) is 4.94. The molecule has 0 aliphatic heterocycles. The molecule has 7 nitrogen and oxygen atoms in total. The summed E-state index contributed by atoms with van der Waals surface area (Å²) in [6, 6.07) is 11.7. The Balaban J connectivity index is 1.97. The van der Waals surface area contributed by atoms with Gasteiger partial charge in [-0.05, 0) is 60.3 Å². The Morgan fingerprint density at radius 1 is 1.00 bits per heavy atom. The molecular weight excluding hydrogens is 358 g/mol. The fourth-order valence-electron chi connectivity index (χ4n) is 1.80. The smallest absolute Gasteiger partial charge is 0.308 e. The highest BCUT2D eigenvalue weighted by Gasteiger charge is 2.15. The largest absolute Gasteiger partial charge is 0.481 e. The summed E-state index contributed by atoms with van der Waals surface area (Å²) in [5.41, 5.74) is 0. The summed E-state index contributed by atoms with van der Waals surface area (Å²) >= 11 is 0. The fraction of sp³-hybridized carbons (Fsp3) is 0.167. The Bertz CT molecular complexity index is 909. The highest BCUT2D eigenvalue weighted by molar-refractivity contribution is 7.89. The fourth-order valence-corrected chi connectivity index (χ4v) is 2.60. The molecule has 1 N–H and O–H groups in total. The van der Waals surface area contributed by atoms with Gasteiger partial charge in [0.25, 0.3) is 10.0 Å². The van der Waals surface area contributed by atoms with Crippen molar-refractivity contribution >= 4 is 16.0 Å².